The Hall–Kier alpha value is -3.72. The van der Waals surface area contributed by atoms with Gasteiger partial charge in [-0.25, -0.2) is 4.99 Å². The summed E-state index contributed by atoms with van der Waals surface area (Å²) in [5.41, 5.74) is 9.35. The van der Waals surface area contributed by atoms with E-state index in [4.69, 9.17) is 10.1 Å². The van der Waals surface area contributed by atoms with Crippen LogP contribution in [0.25, 0.3) is 10.8 Å². The minimum absolute atomic E-state index is 0.752. The molecule has 4 aromatic carbocycles. The van der Waals surface area contributed by atoms with Crippen LogP contribution in [0.1, 0.15) is 22.3 Å². The average Bonchev–Trinajstić information content (AvgIpc) is 2.92. The van der Waals surface area contributed by atoms with Crippen molar-refractivity contribution >= 4 is 28.0 Å². The fourth-order valence-electron chi connectivity index (χ4n) is 3.48. The molecule has 0 atom stereocenters. The molecule has 1 N–H and O–H groups in total. The minimum atomic E-state index is 0.752. The van der Waals surface area contributed by atoms with Gasteiger partial charge in [-0.1, -0.05) is 84.4 Å². The Morgan fingerprint density at radius 1 is 0.679 bits per heavy atom. The molecule has 1 heterocycles. The second-order valence-electron chi connectivity index (χ2n) is 6.98. The third-order valence-electron chi connectivity index (χ3n) is 5.00. The van der Waals surface area contributed by atoms with Gasteiger partial charge in [0, 0.05) is 16.7 Å². The molecule has 1 aliphatic rings. The first-order chi connectivity index (χ1) is 13.8. The van der Waals surface area contributed by atoms with Crippen molar-refractivity contribution in [1.82, 2.24) is 5.43 Å². The van der Waals surface area contributed by atoms with E-state index in [0.717, 1.165) is 33.9 Å². The van der Waals surface area contributed by atoms with Gasteiger partial charge >= 0.3 is 0 Å². The third-order valence-corrected chi connectivity index (χ3v) is 5.00. The molecule has 3 heteroatoms. The largest absolute Gasteiger partial charge is 0.260 e. The smallest absolute Gasteiger partial charge is 0.154 e. The van der Waals surface area contributed by atoms with Gasteiger partial charge in [-0.2, -0.15) is 5.10 Å². The average molecular weight is 361 g/mol. The van der Waals surface area contributed by atoms with Crippen molar-refractivity contribution < 1.29 is 0 Å². The zero-order valence-electron chi connectivity index (χ0n) is 15.6. The topological polar surface area (TPSA) is 36.8 Å². The summed E-state index contributed by atoms with van der Waals surface area (Å²) in [6, 6.07) is 31.3. The molecule has 0 aromatic heterocycles. The van der Waals surface area contributed by atoms with Crippen LogP contribution in [0, 0.1) is 6.92 Å². The first-order valence-electron chi connectivity index (χ1n) is 9.36. The van der Waals surface area contributed by atoms with Gasteiger partial charge in [-0.15, -0.1) is 0 Å². The van der Waals surface area contributed by atoms with Crippen LogP contribution in [0.5, 0.6) is 0 Å². The van der Waals surface area contributed by atoms with Gasteiger partial charge in [-0.05, 0) is 29.8 Å². The van der Waals surface area contributed by atoms with E-state index in [1.54, 1.807) is 0 Å². The van der Waals surface area contributed by atoms with E-state index in [-0.39, 0.29) is 0 Å². The Morgan fingerprint density at radius 2 is 1.36 bits per heavy atom. The maximum absolute atomic E-state index is 4.96. The molecule has 0 unspecified atom stereocenters. The number of nitrogens with zero attached hydrogens (tertiary/aromatic N) is 2. The van der Waals surface area contributed by atoms with Crippen LogP contribution in [-0.2, 0) is 0 Å². The van der Waals surface area contributed by atoms with Gasteiger partial charge in [0.05, 0.1) is 11.4 Å². The lowest BCUT2D eigenvalue weighted by atomic mass is 9.97. The SMILES string of the molecule is Cc1ccc(C2=Nc3cc4ccccc4cc3C(c3ccccc3)=NN2)cc1. The minimum Gasteiger partial charge on any atom is -0.260 e. The van der Waals surface area contributed by atoms with E-state index in [1.165, 1.54) is 16.3 Å². The Kier molecular flexibility index (Phi) is 3.99. The Morgan fingerprint density at radius 3 is 2.11 bits per heavy atom. The molecule has 0 spiro atoms. The molecule has 0 fully saturated rings. The molecule has 134 valence electrons. The first-order valence-corrected chi connectivity index (χ1v) is 9.36. The molecular weight excluding hydrogens is 342 g/mol. The second kappa shape index (κ2) is 6.78. The van der Waals surface area contributed by atoms with Crippen LogP contribution >= 0.6 is 0 Å². The highest BCUT2D eigenvalue weighted by Gasteiger charge is 2.18. The number of nitrogens with one attached hydrogen (secondary N) is 1. The molecule has 0 radical (unpaired) electrons. The summed E-state index contributed by atoms with van der Waals surface area (Å²) in [6.07, 6.45) is 0. The first kappa shape index (κ1) is 16.5. The van der Waals surface area contributed by atoms with Crippen molar-refractivity contribution in [1.29, 1.82) is 0 Å². The molecule has 0 aliphatic carbocycles. The fourth-order valence-corrected chi connectivity index (χ4v) is 3.48. The predicted molar refractivity (Wildman–Crippen MR) is 117 cm³/mol. The second-order valence-corrected chi connectivity index (χ2v) is 6.98. The summed E-state index contributed by atoms with van der Waals surface area (Å²) >= 11 is 0. The zero-order valence-corrected chi connectivity index (χ0v) is 15.6. The van der Waals surface area contributed by atoms with Gasteiger partial charge in [0.25, 0.3) is 0 Å². The van der Waals surface area contributed by atoms with E-state index in [2.05, 4.69) is 85.1 Å². The van der Waals surface area contributed by atoms with Crippen molar-refractivity contribution in [2.24, 2.45) is 10.1 Å². The van der Waals surface area contributed by atoms with Gasteiger partial charge in [0.15, 0.2) is 5.84 Å². The number of fused-ring (bicyclic) bond motifs is 2. The molecule has 28 heavy (non-hydrogen) atoms. The van der Waals surface area contributed by atoms with Gasteiger partial charge < -0.3 is 0 Å². The highest BCUT2D eigenvalue weighted by atomic mass is 15.3. The number of aliphatic imine (C=N–C) groups is 1. The fraction of sp³-hybridized carbons (Fsp3) is 0.0400. The molecule has 0 bridgehead atoms. The highest BCUT2D eigenvalue weighted by molar-refractivity contribution is 6.19. The van der Waals surface area contributed by atoms with E-state index in [9.17, 15) is 0 Å². The number of hydrogen-bond donors (Lipinski definition) is 1. The molecule has 1 aliphatic heterocycles. The summed E-state index contributed by atoms with van der Waals surface area (Å²) in [6.45, 7) is 2.08. The zero-order chi connectivity index (χ0) is 18.9. The summed E-state index contributed by atoms with van der Waals surface area (Å²) in [7, 11) is 0. The summed E-state index contributed by atoms with van der Waals surface area (Å²) in [4.78, 5) is 4.96. The van der Waals surface area contributed by atoms with Gasteiger partial charge in [-0.3, -0.25) is 5.43 Å². The van der Waals surface area contributed by atoms with E-state index >= 15 is 0 Å². The van der Waals surface area contributed by atoms with Crippen LogP contribution < -0.4 is 5.43 Å². The van der Waals surface area contributed by atoms with E-state index < -0.39 is 0 Å². The molecule has 0 saturated carbocycles. The lowest BCUT2D eigenvalue weighted by Gasteiger charge is -2.09. The van der Waals surface area contributed by atoms with Crippen molar-refractivity contribution in [3.05, 3.63) is 113 Å². The van der Waals surface area contributed by atoms with Crippen molar-refractivity contribution in [2.45, 2.75) is 6.92 Å². The third kappa shape index (κ3) is 2.97. The molecule has 4 aromatic rings. The normalized spacial score (nSPS) is 13.2. The van der Waals surface area contributed by atoms with E-state index in [1.807, 2.05) is 18.2 Å². The summed E-state index contributed by atoms with van der Waals surface area (Å²) in [5, 5.41) is 7.11. The highest BCUT2D eigenvalue weighted by Crippen LogP contribution is 2.30. The molecule has 0 amide bonds. The maximum Gasteiger partial charge on any atom is 0.154 e. The molecule has 0 saturated heterocycles. The monoisotopic (exact) mass is 361 g/mol. The number of benzene rings is 4. The van der Waals surface area contributed by atoms with Crippen LogP contribution in [0.3, 0.4) is 0 Å². The van der Waals surface area contributed by atoms with Gasteiger partial charge in [0.1, 0.15) is 0 Å². The summed E-state index contributed by atoms with van der Waals surface area (Å²) < 4.78 is 0. The lowest BCUT2D eigenvalue weighted by Crippen LogP contribution is -2.19. The number of amidine groups is 1. The van der Waals surface area contributed by atoms with Crippen molar-refractivity contribution in [3.8, 4) is 0 Å². The van der Waals surface area contributed by atoms with Crippen molar-refractivity contribution in [2.75, 3.05) is 0 Å². The van der Waals surface area contributed by atoms with Crippen LogP contribution in [0.15, 0.2) is 101 Å². The van der Waals surface area contributed by atoms with Crippen molar-refractivity contribution in [3.63, 3.8) is 0 Å². The van der Waals surface area contributed by atoms with Crippen LogP contribution in [-0.4, -0.2) is 11.5 Å². The Balaban J connectivity index is 1.74. The van der Waals surface area contributed by atoms with Crippen LogP contribution in [0.4, 0.5) is 5.69 Å². The quantitative estimate of drug-likeness (QED) is 0.497. The predicted octanol–water partition coefficient (Wildman–Crippen LogP) is 5.58. The number of aryl methyl sites for hydroxylation is 1. The standard InChI is InChI=1S/C25H19N3/c1-17-11-13-19(14-12-17)25-26-23-16-21-10-6-5-9-20(21)15-22(23)24(27-28-25)18-7-3-2-4-8-18/h2-16H,1H3,(H,26,28). The summed E-state index contributed by atoms with van der Waals surface area (Å²) in [5.74, 6) is 0.752. The van der Waals surface area contributed by atoms with Gasteiger partial charge in [0.2, 0.25) is 0 Å². The number of rotatable bonds is 2. The lowest BCUT2D eigenvalue weighted by molar-refractivity contribution is 1.03. The van der Waals surface area contributed by atoms with Crippen LogP contribution in [0.2, 0.25) is 0 Å². The maximum atomic E-state index is 4.96. The van der Waals surface area contributed by atoms with E-state index in [0.29, 0.717) is 0 Å². The Labute approximate surface area is 164 Å². The molecule has 3 nitrogen and oxygen atoms in total. The number of hydrogen-bond acceptors (Lipinski definition) is 3. The molecule has 5 rings (SSSR count). The number of hydrazone groups is 1. The molecular formula is C25H19N3. The Bertz CT molecular complexity index is 1220.